The highest BCUT2D eigenvalue weighted by atomic mass is 32.1. The van der Waals surface area contributed by atoms with Crippen molar-refractivity contribution in [3.05, 3.63) is 0 Å². The number of hydrogen-bond donors (Lipinski definition) is 3. The van der Waals surface area contributed by atoms with Gasteiger partial charge in [-0.05, 0) is 19.3 Å². The molecule has 0 radical (unpaired) electrons. The summed E-state index contributed by atoms with van der Waals surface area (Å²) >= 11 is 4.07. The molecule has 0 amide bonds. The fourth-order valence-corrected chi connectivity index (χ4v) is 2.05. The summed E-state index contributed by atoms with van der Waals surface area (Å²) in [6.45, 7) is 0. The van der Waals surface area contributed by atoms with Crippen molar-refractivity contribution in [2.24, 2.45) is 0 Å². The van der Waals surface area contributed by atoms with Crippen LogP contribution in [0.15, 0.2) is 0 Å². The van der Waals surface area contributed by atoms with Crippen LogP contribution in [-0.4, -0.2) is 33.6 Å². The van der Waals surface area contributed by atoms with Crippen molar-refractivity contribution >= 4 is 24.9 Å². The molecular formula is C8H12O6S. The molecule has 0 aromatic carbocycles. The molecule has 1 saturated carbocycles. The zero-order valence-electron chi connectivity index (χ0n) is 7.88. The second kappa shape index (κ2) is 4.61. The summed E-state index contributed by atoms with van der Waals surface area (Å²) in [6, 6.07) is 0. The second-order valence-corrected chi connectivity index (χ2v) is 4.09. The van der Waals surface area contributed by atoms with Crippen LogP contribution in [-0.2, 0) is 9.47 Å². The zero-order chi connectivity index (χ0) is 11.5. The van der Waals surface area contributed by atoms with Gasteiger partial charge in [0.15, 0.2) is 11.0 Å². The fraction of sp³-hybridized carbons (Fsp3) is 0.750. The van der Waals surface area contributed by atoms with E-state index in [1.807, 2.05) is 0 Å². The molecule has 0 bridgehead atoms. The molecule has 1 aliphatic rings. The van der Waals surface area contributed by atoms with Crippen LogP contribution in [0, 0.1) is 0 Å². The van der Waals surface area contributed by atoms with Gasteiger partial charge in [-0.25, -0.2) is 9.59 Å². The van der Waals surface area contributed by atoms with E-state index < -0.39 is 23.3 Å². The molecule has 0 aromatic rings. The SMILES string of the molecule is O=C(O)OC1CCCCC1(S)OC(=O)O. The van der Waals surface area contributed by atoms with Crippen molar-refractivity contribution in [1.29, 1.82) is 0 Å². The third-order valence-electron chi connectivity index (χ3n) is 2.26. The quantitative estimate of drug-likeness (QED) is 0.385. The van der Waals surface area contributed by atoms with E-state index in [0.717, 1.165) is 12.8 Å². The van der Waals surface area contributed by atoms with Crippen LogP contribution in [0.4, 0.5) is 9.59 Å². The standard InChI is InChI=1S/C8H12O6S/c9-6(10)13-5-3-1-2-4-8(5,15)14-7(11)12/h5,15H,1-4H2,(H,9,10)(H,11,12). The minimum atomic E-state index is -1.48. The van der Waals surface area contributed by atoms with Gasteiger partial charge in [0, 0.05) is 6.42 Å². The Labute approximate surface area is 91.6 Å². The van der Waals surface area contributed by atoms with E-state index >= 15 is 0 Å². The molecular weight excluding hydrogens is 224 g/mol. The van der Waals surface area contributed by atoms with E-state index in [9.17, 15) is 9.59 Å². The second-order valence-electron chi connectivity index (χ2n) is 3.33. The van der Waals surface area contributed by atoms with Crippen LogP contribution < -0.4 is 0 Å². The normalized spacial score (nSPS) is 30.6. The zero-order valence-corrected chi connectivity index (χ0v) is 8.77. The third-order valence-corrected chi connectivity index (χ3v) is 2.86. The average molecular weight is 236 g/mol. The summed E-state index contributed by atoms with van der Waals surface area (Å²) in [6.07, 6.45) is -1.51. The molecule has 0 saturated heterocycles. The lowest BCUT2D eigenvalue weighted by atomic mass is 9.94. The number of rotatable bonds is 2. The first-order valence-corrected chi connectivity index (χ1v) is 4.92. The van der Waals surface area contributed by atoms with Crippen LogP contribution in [0.1, 0.15) is 25.7 Å². The third kappa shape index (κ3) is 3.19. The van der Waals surface area contributed by atoms with Crippen LogP contribution in [0.3, 0.4) is 0 Å². The van der Waals surface area contributed by atoms with Gasteiger partial charge in [-0.2, -0.15) is 0 Å². The maximum atomic E-state index is 10.4. The summed E-state index contributed by atoms with van der Waals surface area (Å²) in [7, 11) is 0. The lowest BCUT2D eigenvalue weighted by Crippen LogP contribution is -2.46. The first-order chi connectivity index (χ1) is 6.94. The number of thiol groups is 1. The maximum Gasteiger partial charge on any atom is 0.507 e. The van der Waals surface area contributed by atoms with Crippen LogP contribution in [0.5, 0.6) is 0 Å². The van der Waals surface area contributed by atoms with Crippen LogP contribution >= 0.6 is 12.6 Å². The Morgan fingerprint density at radius 3 is 2.47 bits per heavy atom. The van der Waals surface area contributed by atoms with Crippen LogP contribution in [0.25, 0.3) is 0 Å². The van der Waals surface area contributed by atoms with Gasteiger partial charge in [0.1, 0.15) is 0 Å². The predicted octanol–water partition coefficient (Wildman–Crippen LogP) is 1.94. The lowest BCUT2D eigenvalue weighted by Gasteiger charge is -2.37. The maximum absolute atomic E-state index is 10.4. The summed E-state index contributed by atoms with van der Waals surface area (Å²) < 4.78 is 9.14. The number of ether oxygens (including phenoxy) is 2. The number of carbonyl (C=O) groups is 2. The Hall–Kier alpha value is -1.11. The first kappa shape index (κ1) is 12.0. The summed E-state index contributed by atoms with van der Waals surface area (Å²) in [5.41, 5.74) is 0. The van der Waals surface area contributed by atoms with Gasteiger partial charge in [0.05, 0.1) is 0 Å². The Balaban J connectivity index is 2.71. The Morgan fingerprint density at radius 2 is 1.93 bits per heavy atom. The minimum Gasteiger partial charge on any atom is -0.450 e. The predicted molar refractivity (Wildman–Crippen MR) is 52.2 cm³/mol. The Morgan fingerprint density at radius 1 is 1.27 bits per heavy atom. The van der Waals surface area contributed by atoms with Gasteiger partial charge >= 0.3 is 12.3 Å². The van der Waals surface area contributed by atoms with E-state index in [0.29, 0.717) is 12.8 Å². The monoisotopic (exact) mass is 236 g/mol. The highest BCUT2D eigenvalue weighted by Crippen LogP contribution is 2.37. The van der Waals surface area contributed by atoms with E-state index in [4.69, 9.17) is 10.2 Å². The van der Waals surface area contributed by atoms with E-state index in [-0.39, 0.29) is 0 Å². The van der Waals surface area contributed by atoms with Gasteiger partial charge < -0.3 is 19.7 Å². The molecule has 1 fully saturated rings. The average Bonchev–Trinajstić information content (AvgIpc) is 2.07. The Bertz CT molecular complexity index is 268. The minimum absolute atomic E-state index is 0.348. The van der Waals surface area contributed by atoms with Crippen molar-refractivity contribution in [2.45, 2.75) is 36.7 Å². The van der Waals surface area contributed by atoms with Gasteiger partial charge in [0.2, 0.25) is 0 Å². The molecule has 86 valence electrons. The molecule has 6 nitrogen and oxygen atoms in total. The first-order valence-electron chi connectivity index (χ1n) is 4.48. The Kier molecular flexibility index (Phi) is 3.67. The lowest BCUT2D eigenvalue weighted by molar-refractivity contribution is -0.0751. The summed E-state index contributed by atoms with van der Waals surface area (Å²) in [4.78, 5) is 19.5. The molecule has 0 spiro atoms. The molecule has 2 unspecified atom stereocenters. The molecule has 0 aliphatic heterocycles. The van der Waals surface area contributed by atoms with E-state index in [1.165, 1.54) is 0 Å². The largest absolute Gasteiger partial charge is 0.507 e. The topological polar surface area (TPSA) is 93.1 Å². The highest BCUT2D eigenvalue weighted by molar-refractivity contribution is 7.81. The van der Waals surface area contributed by atoms with Crippen molar-refractivity contribution < 1.29 is 29.3 Å². The molecule has 0 heterocycles. The number of hydrogen-bond acceptors (Lipinski definition) is 5. The molecule has 1 rings (SSSR count). The smallest absolute Gasteiger partial charge is 0.450 e. The molecule has 2 N–H and O–H groups in total. The molecule has 1 aliphatic carbocycles. The summed E-state index contributed by atoms with van der Waals surface area (Å²) in [5, 5.41) is 17.0. The van der Waals surface area contributed by atoms with Gasteiger partial charge in [-0.1, -0.05) is 0 Å². The van der Waals surface area contributed by atoms with Gasteiger partial charge in [-0.15, -0.1) is 12.6 Å². The molecule has 2 atom stereocenters. The molecule has 15 heavy (non-hydrogen) atoms. The van der Waals surface area contributed by atoms with E-state index in [1.54, 1.807) is 0 Å². The van der Waals surface area contributed by atoms with Crippen molar-refractivity contribution in [1.82, 2.24) is 0 Å². The number of carboxylic acid groups (broad SMARTS) is 2. The van der Waals surface area contributed by atoms with Crippen molar-refractivity contribution in [2.75, 3.05) is 0 Å². The van der Waals surface area contributed by atoms with Crippen molar-refractivity contribution in [3.8, 4) is 0 Å². The van der Waals surface area contributed by atoms with Crippen molar-refractivity contribution in [3.63, 3.8) is 0 Å². The fourth-order valence-electron chi connectivity index (χ4n) is 1.64. The summed E-state index contributed by atoms with van der Waals surface area (Å²) in [5.74, 6) is 0. The van der Waals surface area contributed by atoms with Gasteiger partial charge in [-0.3, -0.25) is 0 Å². The van der Waals surface area contributed by atoms with Gasteiger partial charge in [0.25, 0.3) is 0 Å². The van der Waals surface area contributed by atoms with Crippen LogP contribution in [0.2, 0.25) is 0 Å². The highest BCUT2D eigenvalue weighted by Gasteiger charge is 2.44. The molecule has 7 heteroatoms. The van der Waals surface area contributed by atoms with E-state index in [2.05, 4.69) is 22.1 Å². The molecule has 0 aromatic heterocycles.